The maximum Gasteiger partial charge on any atom is 0.159 e. The molecule has 1 aliphatic heterocycles. The molecule has 0 radical (unpaired) electrons. The number of aliphatic imine (C=N–C) groups is 1. The van der Waals surface area contributed by atoms with Gasteiger partial charge < -0.3 is 0 Å². The van der Waals surface area contributed by atoms with Gasteiger partial charge in [-0.2, -0.15) is 0 Å². The average Bonchev–Trinajstić information content (AvgIpc) is 2.92. The summed E-state index contributed by atoms with van der Waals surface area (Å²) in [5.74, 6) is -1.63. The molecule has 0 saturated heterocycles. The van der Waals surface area contributed by atoms with Gasteiger partial charge >= 0.3 is 0 Å². The molecule has 1 atom stereocenters. The zero-order valence-electron chi connectivity index (χ0n) is 10.6. The monoisotopic (exact) mass is 335 g/mol. The van der Waals surface area contributed by atoms with Crippen molar-refractivity contribution in [1.82, 2.24) is 0 Å². The van der Waals surface area contributed by atoms with E-state index in [4.69, 9.17) is 0 Å². The highest BCUT2D eigenvalue weighted by molar-refractivity contribution is 9.10. The maximum atomic E-state index is 13.3. The van der Waals surface area contributed by atoms with Crippen LogP contribution in [0.4, 0.5) is 8.78 Å². The Balaban J connectivity index is 1.91. The third-order valence-corrected chi connectivity index (χ3v) is 4.17. The fraction of sp³-hybridized carbons (Fsp3) is 0.188. The molecule has 4 heteroatoms. The van der Waals surface area contributed by atoms with E-state index >= 15 is 0 Å². The van der Waals surface area contributed by atoms with Crippen molar-refractivity contribution < 1.29 is 8.78 Å². The molecule has 0 N–H and O–H groups in total. The molecule has 2 aromatic rings. The number of hydrogen-bond donors (Lipinski definition) is 0. The molecule has 3 rings (SSSR count). The fourth-order valence-corrected chi connectivity index (χ4v) is 2.96. The molecular formula is C16H12BrF2N. The standard InChI is InChI=1S/C16H12BrF2N/c17-12-4-2-1-3-11(12)16-8-7-15(20-16)10-5-6-13(18)14(19)9-10/h1-6,9,15H,7-8H2. The largest absolute Gasteiger partial charge is 0.281 e. The number of halogens is 3. The van der Waals surface area contributed by atoms with Crippen LogP contribution in [0.25, 0.3) is 0 Å². The highest BCUT2D eigenvalue weighted by Gasteiger charge is 2.22. The summed E-state index contributed by atoms with van der Waals surface area (Å²) in [5, 5.41) is 0. The lowest BCUT2D eigenvalue weighted by atomic mass is 10.0. The second-order valence-corrected chi connectivity index (χ2v) is 5.64. The van der Waals surface area contributed by atoms with Crippen molar-refractivity contribution in [1.29, 1.82) is 0 Å². The summed E-state index contributed by atoms with van der Waals surface area (Å²) in [6.45, 7) is 0. The van der Waals surface area contributed by atoms with Gasteiger partial charge in [-0.05, 0) is 36.6 Å². The number of rotatable bonds is 2. The van der Waals surface area contributed by atoms with Crippen LogP contribution >= 0.6 is 15.9 Å². The summed E-state index contributed by atoms with van der Waals surface area (Å²) in [5.41, 5.74) is 2.80. The second kappa shape index (κ2) is 5.44. The van der Waals surface area contributed by atoms with E-state index in [0.717, 1.165) is 40.2 Å². The van der Waals surface area contributed by atoms with Crippen LogP contribution < -0.4 is 0 Å². The Labute approximate surface area is 124 Å². The third kappa shape index (κ3) is 2.52. The van der Waals surface area contributed by atoms with Gasteiger partial charge in [-0.25, -0.2) is 8.78 Å². The van der Waals surface area contributed by atoms with Crippen molar-refractivity contribution in [2.24, 2.45) is 4.99 Å². The predicted molar refractivity (Wildman–Crippen MR) is 79.0 cm³/mol. The SMILES string of the molecule is Fc1ccc(C2CCC(c3ccccc3Br)=N2)cc1F. The molecule has 1 unspecified atom stereocenters. The molecule has 2 aromatic carbocycles. The van der Waals surface area contributed by atoms with E-state index < -0.39 is 11.6 Å². The van der Waals surface area contributed by atoms with E-state index in [9.17, 15) is 8.78 Å². The molecule has 1 nitrogen and oxygen atoms in total. The molecule has 0 aliphatic carbocycles. The van der Waals surface area contributed by atoms with Crippen LogP contribution in [0.2, 0.25) is 0 Å². The van der Waals surface area contributed by atoms with Crippen molar-refractivity contribution >= 4 is 21.6 Å². The molecular weight excluding hydrogens is 324 g/mol. The Hall–Kier alpha value is -1.55. The van der Waals surface area contributed by atoms with Gasteiger partial charge in [-0.3, -0.25) is 4.99 Å². The second-order valence-electron chi connectivity index (χ2n) is 4.78. The molecule has 0 spiro atoms. The van der Waals surface area contributed by atoms with Crippen LogP contribution in [0.3, 0.4) is 0 Å². The Morgan fingerprint density at radius 3 is 2.60 bits per heavy atom. The summed E-state index contributed by atoms with van der Waals surface area (Å²) in [6.07, 6.45) is 1.66. The quantitative estimate of drug-likeness (QED) is 0.728. The smallest absolute Gasteiger partial charge is 0.159 e. The summed E-state index contributed by atoms with van der Waals surface area (Å²) < 4.78 is 27.3. The van der Waals surface area contributed by atoms with Gasteiger partial charge in [0.05, 0.1) is 6.04 Å². The maximum absolute atomic E-state index is 13.3. The molecule has 1 heterocycles. The number of nitrogens with zero attached hydrogens (tertiary/aromatic N) is 1. The van der Waals surface area contributed by atoms with Gasteiger partial charge in [0.2, 0.25) is 0 Å². The van der Waals surface area contributed by atoms with Crippen molar-refractivity contribution in [3.05, 3.63) is 69.7 Å². The molecule has 0 bridgehead atoms. The van der Waals surface area contributed by atoms with Gasteiger partial charge in [0.1, 0.15) is 0 Å². The Kier molecular flexibility index (Phi) is 3.66. The van der Waals surface area contributed by atoms with E-state index in [0.29, 0.717) is 0 Å². The van der Waals surface area contributed by atoms with Crippen molar-refractivity contribution in [2.45, 2.75) is 18.9 Å². The first-order chi connectivity index (χ1) is 9.65. The van der Waals surface area contributed by atoms with Gasteiger partial charge in [-0.15, -0.1) is 0 Å². The minimum Gasteiger partial charge on any atom is -0.281 e. The van der Waals surface area contributed by atoms with Crippen molar-refractivity contribution in [3.8, 4) is 0 Å². The van der Waals surface area contributed by atoms with Gasteiger partial charge in [0.25, 0.3) is 0 Å². The van der Waals surface area contributed by atoms with E-state index in [2.05, 4.69) is 20.9 Å². The lowest BCUT2D eigenvalue weighted by Crippen LogP contribution is -1.96. The van der Waals surface area contributed by atoms with E-state index in [1.54, 1.807) is 6.07 Å². The predicted octanol–water partition coefficient (Wildman–Crippen LogP) is 5.05. The van der Waals surface area contributed by atoms with Gasteiger partial charge in [0, 0.05) is 15.7 Å². The minimum atomic E-state index is -0.818. The van der Waals surface area contributed by atoms with Crippen LogP contribution in [0.5, 0.6) is 0 Å². The topological polar surface area (TPSA) is 12.4 Å². The summed E-state index contributed by atoms with van der Waals surface area (Å²) in [4.78, 5) is 4.66. The van der Waals surface area contributed by atoms with Crippen LogP contribution in [0, 0.1) is 11.6 Å². The van der Waals surface area contributed by atoms with Crippen LogP contribution in [0.15, 0.2) is 51.9 Å². The zero-order valence-corrected chi connectivity index (χ0v) is 12.2. The molecule has 0 saturated carbocycles. The van der Waals surface area contributed by atoms with Crippen LogP contribution in [-0.4, -0.2) is 5.71 Å². The van der Waals surface area contributed by atoms with Gasteiger partial charge in [-0.1, -0.05) is 40.2 Å². The molecule has 20 heavy (non-hydrogen) atoms. The van der Waals surface area contributed by atoms with Crippen molar-refractivity contribution in [3.63, 3.8) is 0 Å². The summed E-state index contributed by atoms with van der Waals surface area (Å²) >= 11 is 3.51. The van der Waals surface area contributed by atoms with Crippen LogP contribution in [-0.2, 0) is 0 Å². The number of benzene rings is 2. The van der Waals surface area contributed by atoms with E-state index in [1.165, 1.54) is 6.07 Å². The molecule has 0 amide bonds. The third-order valence-electron chi connectivity index (χ3n) is 3.48. The fourth-order valence-electron chi connectivity index (χ4n) is 2.45. The molecule has 0 aromatic heterocycles. The molecule has 0 fully saturated rings. The number of hydrogen-bond acceptors (Lipinski definition) is 1. The first-order valence-corrected chi connectivity index (χ1v) is 7.21. The average molecular weight is 336 g/mol. The first-order valence-electron chi connectivity index (χ1n) is 6.41. The lowest BCUT2D eigenvalue weighted by molar-refractivity contribution is 0.505. The Morgan fingerprint density at radius 1 is 1.05 bits per heavy atom. The van der Waals surface area contributed by atoms with E-state index in [-0.39, 0.29) is 6.04 Å². The van der Waals surface area contributed by atoms with Gasteiger partial charge in [0.15, 0.2) is 11.6 Å². The van der Waals surface area contributed by atoms with Crippen LogP contribution in [0.1, 0.15) is 30.0 Å². The normalized spacial score (nSPS) is 18.1. The Bertz CT molecular complexity index is 682. The summed E-state index contributed by atoms with van der Waals surface area (Å²) in [7, 11) is 0. The highest BCUT2D eigenvalue weighted by Crippen LogP contribution is 2.33. The lowest BCUT2D eigenvalue weighted by Gasteiger charge is -2.07. The molecule has 102 valence electrons. The zero-order chi connectivity index (χ0) is 14.1. The summed E-state index contributed by atoms with van der Waals surface area (Å²) in [6, 6.07) is 11.8. The first kappa shape index (κ1) is 13.4. The van der Waals surface area contributed by atoms with E-state index in [1.807, 2.05) is 24.3 Å². The highest BCUT2D eigenvalue weighted by atomic mass is 79.9. The molecule has 1 aliphatic rings. The minimum absolute atomic E-state index is 0.0905. The Morgan fingerprint density at radius 2 is 1.85 bits per heavy atom. The van der Waals surface area contributed by atoms with Crippen molar-refractivity contribution in [2.75, 3.05) is 0 Å².